The van der Waals surface area contributed by atoms with Crippen molar-refractivity contribution in [1.29, 1.82) is 0 Å². The van der Waals surface area contributed by atoms with E-state index in [9.17, 15) is 0 Å². The first-order valence-electron chi connectivity index (χ1n) is 6.65. The number of thiophene rings is 1. The second kappa shape index (κ2) is 8.17. The third-order valence-corrected chi connectivity index (χ3v) is 7.23. The highest BCUT2D eigenvalue weighted by Crippen LogP contribution is 2.38. The summed E-state index contributed by atoms with van der Waals surface area (Å²) in [7, 11) is 1.72. The lowest BCUT2D eigenvalue weighted by Gasteiger charge is -2.14. The first kappa shape index (κ1) is 17.6. The van der Waals surface area contributed by atoms with E-state index in [-0.39, 0.29) is 6.04 Å². The van der Waals surface area contributed by atoms with Gasteiger partial charge in [0.2, 0.25) is 0 Å². The topological polar surface area (TPSA) is 34.1 Å². The van der Waals surface area contributed by atoms with Crippen molar-refractivity contribution in [3.05, 3.63) is 35.3 Å². The van der Waals surface area contributed by atoms with E-state index in [0.717, 1.165) is 25.5 Å². The molecule has 0 aromatic carbocycles. The number of thiazole rings is 1. The highest BCUT2D eigenvalue weighted by atomic mass is 79.9. The Hall–Kier alpha value is 0.210. The second-order valence-electron chi connectivity index (χ2n) is 4.92. The molecule has 1 atom stereocenters. The molecule has 116 valence electrons. The van der Waals surface area contributed by atoms with Crippen LogP contribution in [0.1, 0.15) is 41.4 Å². The monoisotopic (exact) mass is 452 g/mol. The summed E-state index contributed by atoms with van der Waals surface area (Å²) in [4.78, 5) is 6.04. The van der Waals surface area contributed by atoms with Crippen molar-refractivity contribution in [2.45, 2.75) is 25.8 Å². The summed E-state index contributed by atoms with van der Waals surface area (Å²) in [6.07, 6.45) is 0. The fraction of sp³-hybridized carbons (Fsp3) is 0.500. The van der Waals surface area contributed by atoms with Gasteiger partial charge in [-0.05, 0) is 43.8 Å². The molecule has 0 amide bonds. The summed E-state index contributed by atoms with van der Waals surface area (Å²) < 4.78 is 7.33. The number of halogens is 2. The van der Waals surface area contributed by atoms with Gasteiger partial charge in [-0.1, -0.05) is 13.8 Å². The number of aromatic nitrogens is 1. The number of nitrogens with zero attached hydrogens (tertiary/aromatic N) is 1. The molecule has 2 heterocycles. The first-order valence-corrected chi connectivity index (χ1v) is 9.93. The summed E-state index contributed by atoms with van der Waals surface area (Å²) in [5.41, 5.74) is 1.16. The molecule has 0 aliphatic heterocycles. The lowest BCUT2D eigenvalue weighted by Crippen LogP contribution is -2.25. The molecule has 1 N–H and O–H groups in total. The molecule has 0 aliphatic carbocycles. The van der Waals surface area contributed by atoms with Gasteiger partial charge in [0.1, 0.15) is 5.01 Å². The maximum atomic E-state index is 5.14. The van der Waals surface area contributed by atoms with Gasteiger partial charge in [-0.3, -0.25) is 0 Å². The zero-order valence-electron chi connectivity index (χ0n) is 12.2. The minimum absolute atomic E-state index is 0.116. The molecule has 0 spiro atoms. The zero-order valence-corrected chi connectivity index (χ0v) is 17.0. The fourth-order valence-electron chi connectivity index (χ4n) is 1.82. The van der Waals surface area contributed by atoms with Crippen LogP contribution in [0, 0.1) is 0 Å². The number of hydrogen-bond acceptors (Lipinski definition) is 5. The van der Waals surface area contributed by atoms with Crippen molar-refractivity contribution < 1.29 is 4.74 Å². The van der Waals surface area contributed by atoms with Crippen LogP contribution in [-0.2, 0) is 4.74 Å². The van der Waals surface area contributed by atoms with Crippen LogP contribution in [0.2, 0.25) is 0 Å². The van der Waals surface area contributed by atoms with Crippen LogP contribution in [0.15, 0.2) is 19.7 Å². The Morgan fingerprint density at radius 2 is 2.14 bits per heavy atom. The van der Waals surface area contributed by atoms with E-state index >= 15 is 0 Å². The van der Waals surface area contributed by atoms with Gasteiger partial charge in [0.25, 0.3) is 0 Å². The molecule has 21 heavy (non-hydrogen) atoms. The molecule has 2 rings (SSSR count). The molecule has 0 radical (unpaired) electrons. The predicted molar refractivity (Wildman–Crippen MR) is 97.6 cm³/mol. The normalized spacial score (nSPS) is 13.0. The number of nitrogens with one attached hydrogen (secondary N) is 1. The SMILES string of the molecule is COCCNC(c1cc(Br)c(Br)s1)c1nc(C(C)C)cs1. The largest absolute Gasteiger partial charge is 0.383 e. The molecule has 7 heteroatoms. The molecule has 0 aliphatic rings. The smallest absolute Gasteiger partial charge is 0.115 e. The Bertz CT molecular complexity index is 564. The van der Waals surface area contributed by atoms with Gasteiger partial charge in [0, 0.05) is 28.4 Å². The molecule has 1 unspecified atom stereocenters. The Morgan fingerprint density at radius 1 is 1.38 bits per heavy atom. The van der Waals surface area contributed by atoms with Crippen LogP contribution in [0.4, 0.5) is 0 Å². The summed E-state index contributed by atoms with van der Waals surface area (Å²) in [6, 6.07) is 2.26. The van der Waals surface area contributed by atoms with E-state index in [2.05, 4.69) is 62.5 Å². The van der Waals surface area contributed by atoms with Crippen LogP contribution in [0.3, 0.4) is 0 Å². The standard InChI is InChI=1S/C14H18Br2N2OS2/c1-8(2)10-7-20-14(18-10)12(17-4-5-19-3)11-6-9(15)13(16)21-11/h6-8,12,17H,4-5H2,1-3H3. The zero-order chi connectivity index (χ0) is 15.4. The Kier molecular flexibility index (Phi) is 6.83. The van der Waals surface area contributed by atoms with Gasteiger partial charge in [-0.15, -0.1) is 22.7 Å². The summed E-state index contributed by atoms with van der Waals surface area (Å²) in [5, 5.41) is 6.80. The summed E-state index contributed by atoms with van der Waals surface area (Å²) >= 11 is 10.6. The summed E-state index contributed by atoms with van der Waals surface area (Å²) in [5.74, 6) is 0.455. The Labute approximate surface area is 150 Å². The number of methoxy groups -OCH3 is 1. The number of ether oxygens (including phenoxy) is 1. The Morgan fingerprint density at radius 3 is 2.67 bits per heavy atom. The number of hydrogen-bond donors (Lipinski definition) is 1. The lowest BCUT2D eigenvalue weighted by molar-refractivity contribution is 0.197. The third kappa shape index (κ3) is 4.59. The van der Waals surface area contributed by atoms with E-state index < -0.39 is 0 Å². The average Bonchev–Trinajstić information content (AvgIpc) is 3.03. The van der Waals surface area contributed by atoms with Crippen LogP contribution in [0.5, 0.6) is 0 Å². The molecular formula is C14H18Br2N2OS2. The molecule has 2 aromatic heterocycles. The van der Waals surface area contributed by atoms with Crippen LogP contribution in [0.25, 0.3) is 0 Å². The average molecular weight is 454 g/mol. The van der Waals surface area contributed by atoms with Gasteiger partial charge in [0.05, 0.1) is 22.1 Å². The van der Waals surface area contributed by atoms with Crippen molar-refractivity contribution in [2.75, 3.05) is 20.3 Å². The maximum absolute atomic E-state index is 5.14. The molecule has 0 saturated carbocycles. The minimum Gasteiger partial charge on any atom is -0.383 e. The van der Waals surface area contributed by atoms with Crippen molar-refractivity contribution in [3.63, 3.8) is 0 Å². The fourth-order valence-corrected chi connectivity index (χ4v) is 5.13. The predicted octanol–water partition coefficient (Wildman–Crippen LogP) is 5.18. The van der Waals surface area contributed by atoms with Crippen molar-refractivity contribution >= 4 is 54.5 Å². The van der Waals surface area contributed by atoms with E-state index in [1.54, 1.807) is 29.8 Å². The van der Waals surface area contributed by atoms with Crippen molar-refractivity contribution in [3.8, 4) is 0 Å². The van der Waals surface area contributed by atoms with Gasteiger partial charge in [-0.25, -0.2) is 4.98 Å². The summed E-state index contributed by atoms with van der Waals surface area (Å²) in [6.45, 7) is 5.83. The molecule has 0 fully saturated rings. The second-order valence-corrected chi connectivity index (χ2v) is 9.06. The van der Waals surface area contributed by atoms with E-state index in [4.69, 9.17) is 9.72 Å². The highest BCUT2D eigenvalue weighted by molar-refractivity contribution is 9.13. The first-order chi connectivity index (χ1) is 10.0. The molecule has 0 bridgehead atoms. The van der Waals surface area contributed by atoms with Gasteiger partial charge >= 0.3 is 0 Å². The minimum atomic E-state index is 0.116. The van der Waals surface area contributed by atoms with E-state index in [1.807, 2.05) is 0 Å². The van der Waals surface area contributed by atoms with Gasteiger partial charge < -0.3 is 10.1 Å². The highest BCUT2D eigenvalue weighted by Gasteiger charge is 2.21. The van der Waals surface area contributed by atoms with Crippen LogP contribution < -0.4 is 5.32 Å². The quantitative estimate of drug-likeness (QED) is 0.586. The van der Waals surface area contributed by atoms with Crippen LogP contribution >= 0.6 is 54.5 Å². The molecular weight excluding hydrogens is 436 g/mol. The third-order valence-electron chi connectivity index (χ3n) is 2.98. The van der Waals surface area contributed by atoms with Crippen molar-refractivity contribution in [1.82, 2.24) is 10.3 Å². The van der Waals surface area contributed by atoms with Crippen LogP contribution in [-0.4, -0.2) is 25.2 Å². The maximum Gasteiger partial charge on any atom is 0.115 e. The number of rotatable bonds is 7. The molecule has 2 aromatic rings. The van der Waals surface area contributed by atoms with E-state index in [1.165, 1.54) is 4.88 Å². The van der Waals surface area contributed by atoms with Crippen molar-refractivity contribution in [2.24, 2.45) is 0 Å². The lowest BCUT2D eigenvalue weighted by atomic mass is 10.1. The molecule has 3 nitrogen and oxygen atoms in total. The van der Waals surface area contributed by atoms with Gasteiger partial charge in [-0.2, -0.15) is 0 Å². The molecule has 0 saturated heterocycles. The Balaban J connectivity index is 2.25. The van der Waals surface area contributed by atoms with Gasteiger partial charge in [0.15, 0.2) is 0 Å². The van der Waals surface area contributed by atoms with E-state index in [0.29, 0.717) is 12.5 Å².